The van der Waals surface area contributed by atoms with Crippen molar-refractivity contribution in [2.75, 3.05) is 19.0 Å². The first-order chi connectivity index (χ1) is 13.7. The fourth-order valence-corrected chi connectivity index (χ4v) is 4.26. The van der Waals surface area contributed by atoms with Crippen LogP contribution in [0.15, 0.2) is 54.9 Å². The average Bonchev–Trinajstić information content (AvgIpc) is 3.06. The van der Waals surface area contributed by atoms with Gasteiger partial charge in [0.2, 0.25) is 0 Å². The Morgan fingerprint density at radius 3 is 2.57 bits per heavy atom. The van der Waals surface area contributed by atoms with Crippen molar-refractivity contribution >= 4 is 33.1 Å². The predicted octanol–water partition coefficient (Wildman–Crippen LogP) is 5.82. The van der Waals surface area contributed by atoms with Gasteiger partial charge in [-0.05, 0) is 43.7 Å². The molecule has 0 amide bonds. The topological polar surface area (TPSA) is 56.3 Å². The largest absolute Gasteiger partial charge is 0.495 e. The molecule has 0 aliphatic rings. The molecule has 0 atom stereocenters. The first kappa shape index (κ1) is 18.3. The van der Waals surface area contributed by atoms with E-state index in [0.29, 0.717) is 6.61 Å². The molecular weight excluding hydrogens is 370 g/mol. The van der Waals surface area contributed by atoms with Gasteiger partial charge in [0, 0.05) is 10.4 Å². The van der Waals surface area contributed by atoms with Gasteiger partial charge in [-0.2, -0.15) is 0 Å². The fourth-order valence-electron chi connectivity index (χ4n) is 3.25. The van der Waals surface area contributed by atoms with Gasteiger partial charge in [-0.3, -0.25) is 0 Å². The summed E-state index contributed by atoms with van der Waals surface area (Å²) < 4.78 is 11.0. The average molecular weight is 391 g/mol. The molecule has 0 saturated heterocycles. The summed E-state index contributed by atoms with van der Waals surface area (Å²) in [7, 11) is 1.66. The maximum Gasteiger partial charge on any atom is 0.143 e. The van der Waals surface area contributed by atoms with Gasteiger partial charge >= 0.3 is 0 Å². The van der Waals surface area contributed by atoms with E-state index in [1.54, 1.807) is 24.8 Å². The highest BCUT2D eigenvalue weighted by atomic mass is 32.1. The molecule has 2 heterocycles. The number of nitrogens with one attached hydrogen (secondary N) is 1. The summed E-state index contributed by atoms with van der Waals surface area (Å²) >= 11 is 1.67. The third-order valence-electron chi connectivity index (χ3n) is 4.48. The van der Waals surface area contributed by atoms with Crippen LogP contribution in [0.1, 0.15) is 11.8 Å². The van der Waals surface area contributed by atoms with E-state index < -0.39 is 0 Å². The Morgan fingerprint density at radius 2 is 1.82 bits per heavy atom. The highest BCUT2D eigenvalue weighted by Gasteiger charge is 2.17. The van der Waals surface area contributed by atoms with Gasteiger partial charge in [0.05, 0.1) is 24.8 Å². The van der Waals surface area contributed by atoms with Crippen LogP contribution in [0.3, 0.4) is 0 Å². The van der Waals surface area contributed by atoms with Crippen molar-refractivity contribution in [3.63, 3.8) is 0 Å². The van der Waals surface area contributed by atoms with Crippen molar-refractivity contribution in [2.24, 2.45) is 0 Å². The minimum absolute atomic E-state index is 0.653. The van der Waals surface area contributed by atoms with Crippen LogP contribution >= 0.6 is 11.3 Å². The number of ether oxygens (including phenoxy) is 2. The molecule has 0 radical (unpaired) electrons. The van der Waals surface area contributed by atoms with Crippen molar-refractivity contribution in [1.29, 1.82) is 0 Å². The molecule has 1 N–H and O–H groups in total. The summed E-state index contributed by atoms with van der Waals surface area (Å²) in [6.07, 6.45) is 1.60. The summed E-state index contributed by atoms with van der Waals surface area (Å²) in [5.74, 6) is 2.40. The number of nitrogens with zero attached hydrogens (tertiary/aromatic N) is 2. The normalized spacial score (nSPS) is 10.8. The van der Waals surface area contributed by atoms with Crippen LogP contribution in [0.2, 0.25) is 0 Å². The molecule has 142 valence electrons. The Kier molecular flexibility index (Phi) is 5.12. The molecular formula is C22H21N3O2S. The molecule has 2 aromatic carbocycles. The Morgan fingerprint density at radius 1 is 1.04 bits per heavy atom. The zero-order valence-corrected chi connectivity index (χ0v) is 16.8. The number of rotatable bonds is 6. The van der Waals surface area contributed by atoms with E-state index in [2.05, 4.69) is 34.3 Å². The molecule has 4 rings (SSSR count). The van der Waals surface area contributed by atoms with Crippen LogP contribution in [0.4, 0.5) is 11.5 Å². The maximum absolute atomic E-state index is 5.58. The number of anilines is 2. The van der Waals surface area contributed by atoms with Gasteiger partial charge in [0.1, 0.15) is 28.5 Å². The van der Waals surface area contributed by atoms with E-state index in [4.69, 9.17) is 9.47 Å². The van der Waals surface area contributed by atoms with Crippen molar-refractivity contribution < 1.29 is 9.47 Å². The first-order valence-electron chi connectivity index (χ1n) is 9.08. The van der Waals surface area contributed by atoms with E-state index in [1.165, 1.54) is 4.88 Å². The highest BCUT2D eigenvalue weighted by Crippen LogP contribution is 2.42. The molecule has 0 aliphatic carbocycles. The smallest absolute Gasteiger partial charge is 0.143 e. The minimum atomic E-state index is 0.653. The summed E-state index contributed by atoms with van der Waals surface area (Å²) in [5, 5.41) is 4.44. The molecule has 4 aromatic rings. The third kappa shape index (κ3) is 3.39. The number of aryl methyl sites for hydroxylation is 1. The number of hydrogen-bond donors (Lipinski definition) is 1. The third-order valence-corrected chi connectivity index (χ3v) is 5.49. The summed E-state index contributed by atoms with van der Waals surface area (Å²) in [6.45, 7) is 4.75. The van der Waals surface area contributed by atoms with Crippen molar-refractivity contribution in [1.82, 2.24) is 9.97 Å². The molecule has 0 saturated carbocycles. The second-order valence-corrected chi connectivity index (χ2v) is 7.42. The lowest BCUT2D eigenvalue weighted by Gasteiger charge is -2.12. The number of aromatic nitrogens is 2. The molecule has 0 bridgehead atoms. The summed E-state index contributed by atoms with van der Waals surface area (Å²) in [4.78, 5) is 11.2. The van der Waals surface area contributed by atoms with E-state index in [0.717, 1.165) is 44.3 Å². The summed E-state index contributed by atoms with van der Waals surface area (Å²) in [5.41, 5.74) is 3.12. The van der Waals surface area contributed by atoms with Crippen LogP contribution in [0.25, 0.3) is 21.3 Å². The minimum Gasteiger partial charge on any atom is -0.495 e. The SMILES string of the molecule is CCOc1ccc(-c2c(C)sc3ncnc(Nc4ccccc4OC)c23)cc1. The van der Waals surface area contributed by atoms with Gasteiger partial charge in [-0.15, -0.1) is 11.3 Å². The monoisotopic (exact) mass is 391 g/mol. The first-order valence-corrected chi connectivity index (χ1v) is 9.90. The van der Waals surface area contributed by atoms with E-state index in [-0.39, 0.29) is 0 Å². The van der Waals surface area contributed by atoms with Crippen LogP contribution < -0.4 is 14.8 Å². The summed E-state index contributed by atoms with van der Waals surface area (Å²) in [6, 6.07) is 16.0. The molecule has 2 aromatic heterocycles. The van der Waals surface area contributed by atoms with Gasteiger partial charge in [0.25, 0.3) is 0 Å². The standard InChI is InChI=1S/C22H21N3O2S/c1-4-27-16-11-9-15(10-12-16)19-14(2)28-22-20(19)21(23-13-24-22)25-17-7-5-6-8-18(17)26-3/h5-13H,4H2,1-3H3,(H,23,24,25). The van der Waals surface area contributed by atoms with Gasteiger partial charge in [0.15, 0.2) is 0 Å². The van der Waals surface area contributed by atoms with Crippen molar-refractivity contribution in [3.8, 4) is 22.6 Å². The van der Waals surface area contributed by atoms with Crippen LogP contribution in [0.5, 0.6) is 11.5 Å². The van der Waals surface area contributed by atoms with Crippen LogP contribution in [-0.4, -0.2) is 23.7 Å². The number of benzene rings is 2. The number of fused-ring (bicyclic) bond motifs is 1. The van der Waals surface area contributed by atoms with Crippen molar-refractivity contribution in [2.45, 2.75) is 13.8 Å². The van der Waals surface area contributed by atoms with E-state index >= 15 is 0 Å². The molecule has 0 fully saturated rings. The predicted molar refractivity (Wildman–Crippen MR) is 115 cm³/mol. The molecule has 0 spiro atoms. The molecule has 28 heavy (non-hydrogen) atoms. The molecule has 0 aliphatic heterocycles. The van der Waals surface area contributed by atoms with Crippen molar-refractivity contribution in [3.05, 3.63) is 59.7 Å². The molecule has 6 heteroatoms. The quantitative estimate of drug-likeness (QED) is 0.449. The zero-order chi connectivity index (χ0) is 19.5. The molecule has 0 unspecified atom stereocenters. The second-order valence-electron chi connectivity index (χ2n) is 6.22. The maximum atomic E-state index is 5.58. The lowest BCUT2D eigenvalue weighted by Crippen LogP contribution is -1.98. The Balaban J connectivity index is 1.83. The number of para-hydroxylation sites is 2. The number of methoxy groups -OCH3 is 1. The van der Waals surface area contributed by atoms with E-state index in [1.807, 2.05) is 43.3 Å². The zero-order valence-electron chi connectivity index (χ0n) is 16.0. The Hall–Kier alpha value is -3.12. The second kappa shape index (κ2) is 7.86. The Bertz CT molecular complexity index is 1110. The number of thiophene rings is 1. The Labute approximate surface area is 168 Å². The number of hydrogen-bond acceptors (Lipinski definition) is 6. The van der Waals surface area contributed by atoms with Gasteiger partial charge in [-0.25, -0.2) is 9.97 Å². The molecule has 5 nitrogen and oxygen atoms in total. The van der Waals surface area contributed by atoms with Crippen LogP contribution in [0, 0.1) is 6.92 Å². The van der Waals surface area contributed by atoms with Gasteiger partial charge < -0.3 is 14.8 Å². The fraction of sp³-hybridized carbons (Fsp3) is 0.182. The lowest BCUT2D eigenvalue weighted by atomic mass is 10.0. The lowest BCUT2D eigenvalue weighted by molar-refractivity contribution is 0.340. The van der Waals surface area contributed by atoms with E-state index in [9.17, 15) is 0 Å². The van der Waals surface area contributed by atoms with Crippen LogP contribution in [-0.2, 0) is 0 Å². The highest BCUT2D eigenvalue weighted by molar-refractivity contribution is 7.19. The van der Waals surface area contributed by atoms with Gasteiger partial charge in [-0.1, -0.05) is 24.3 Å².